The van der Waals surface area contributed by atoms with Gasteiger partial charge in [-0.2, -0.15) is 0 Å². The third kappa shape index (κ3) is 16.8. The van der Waals surface area contributed by atoms with Gasteiger partial charge < -0.3 is 0 Å². The lowest BCUT2D eigenvalue weighted by atomic mass is 10.2. The molecule has 0 atom stereocenters. The first kappa shape index (κ1) is 21.7. The molecule has 0 saturated carbocycles. The molecule has 0 nitrogen and oxygen atoms in total. The van der Waals surface area contributed by atoms with E-state index < -0.39 is 0 Å². The SMILES string of the molecule is CCCCCC[Si][Si][Si](CCCCCC)CCCCCC. The molecule has 123 valence electrons. The maximum Gasteiger partial charge on any atom is 0.0306 e. The monoisotopic (exact) mass is 339 g/mol. The predicted molar refractivity (Wildman–Crippen MR) is 104 cm³/mol. The largest absolute Gasteiger partial charge is 0.0654 e. The molecule has 21 heavy (non-hydrogen) atoms. The third-order valence-corrected chi connectivity index (χ3v) is 15.7. The van der Waals surface area contributed by atoms with E-state index >= 15 is 0 Å². The molecule has 0 aromatic rings. The van der Waals surface area contributed by atoms with E-state index in [1.54, 1.807) is 31.0 Å². The van der Waals surface area contributed by atoms with Crippen molar-refractivity contribution in [2.75, 3.05) is 0 Å². The highest BCUT2D eigenvalue weighted by Crippen LogP contribution is 2.13. The first-order valence-corrected chi connectivity index (χ1v) is 15.8. The molecule has 0 heterocycles. The van der Waals surface area contributed by atoms with Gasteiger partial charge in [-0.15, -0.1) is 0 Å². The summed E-state index contributed by atoms with van der Waals surface area (Å²) in [4.78, 5) is 0. The van der Waals surface area contributed by atoms with Gasteiger partial charge in [0.25, 0.3) is 0 Å². The van der Waals surface area contributed by atoms with Crippen LogP contribution >= 0.6 is 0 Å². The Kier molecular flexibility index (Phi) is 19.3. The van der Waals surface area contributed by atoms with Crippen LogP contribution in [0.1, 0.15) is 97.8 Å². The van der Waals surface area contributed by atoms with Gasteiger partial charge in [0.15, 0.2) is 0 Å². The normalized spacial score (nSPS) is 11.4. The van der Waals surface area contributed by atoms with Gasteiger partial charge in [0.2, 0.25) is 0 Å². The molecular weight excluding hydrogens is 300 g/mol. The Labute approximate surface area is 142 Å². The molecule has 0 fully saturated rings. The van der Waals surface area contributed by atoms with Crippen LogP contribution in [0.3, 0.4) is 0 Å². The Morgan fingerprint density at radius 3 is 1.52 bits per heavy atom. The molecule has 0 aliphatic rings. The van der Waals surface area contributed by atoms with Gasteiger partial charge in [-0.25, -0.2) is 0 Å². The number of hydrogen-bond acceptors (Lipinski definition) is 0. The molecule has 3 heteroatoms. The van der Waals surface area contributed by atoms with Crippen LogP contribution in [0.5, 0.6) is 0 Å². The average Bonchev–Trinajstić information content (AvgIpc) is 2.50. The van der Waals surface area contributed by atoms with E-state index in [-0.39, 0.29) is 8.31 Å². The highest BCUT2D eigenvalue weighted by Gasteiger charge is 2.11. The lowest BCUT2D eigenvalue weighted by Gasteiger charge is -2.14. The Hall–Kier alpha value is 0.651. The zero-order valence-electron chi connectivity index (χ0n) is 15.1. The molecule has 5 radical (unpaired) electrons. The molecular formula is C18H39Si3. The Bertz CT molecular complexity index is 173. The van der Waals surface area contributed by atoms with Crippen LogP contribution in [-0.2, 0) is 0 Å². The second kappa shape index (κ2) is 18.7. The van der Waals surface area contributed by atoms with E-state index in [1.165, 1.54) is 81.8 Å². The number of hydrogen-bond donors (Lipinski definition) is 0. The zero-order chi connectivity index (χ0) is 15.6. The summed E-state index contributed by atoms with van der Waals surface area (Å²) in [7, 11) is 2.75. The predicted octanol–water partition coefficient (Wildman–Crippen LogP) is 6.46. The van der Waals surface area contributed by atoms with Gasteiger partial charge in [0.05, 0.1) is 0 Å². The van der Waals surface area contributed by atoms with Gasteiger partial charge in [0, 0.05) is 25.9 Å². The van der Waals surface area contributed by atoms with E-state index in [2.05, 4.69) is 20.8 Å². The van der Waals surface area contributed by atoms with Crippen LogP contribution < -0.4 is 0 Å². The summed E-state index contributed by atoms with van der Waals surface area (Å²) in [5.41, 5.74) is 0. The minimum absolute atomic E-state index is 0.0420. The second-order valence-corrected chi connectivity index (χ2v) is 15.8. The van der Waals surface area contributed by atoms with E-state index in [4.69, 9.17) is 0 Å². The first-order valence-electron chi connectivity index (χ1n) is 9.68. The number of unbranched alkanes of at least 4 members (excludes halogenated alkanes) is 9. The van der Waals surface area contributed by atoms with Crippen molar-refractivity contribution in [3.05, 3.63) is 0 Å². The van der Waals surface area contributed by atoms with E-state index in [0.717, 1.165) is 0 Å². The molecule has 0 spiro atoms. The van der Waals surface area contributed by atoms with Crippen molar-refractivity contribution in [3.8, 4) is 0 Å². The molecule has 0 saturated heterocycles. The number of rotatable bonds is 17. The standard InChI is InChI=1S/C18H39Si3/c1-4-7-10-13-16-19-20-21(17-14-11-8-5-2)18-15-12-9-6-3/h4-18H2,1-3H3. The van der Waals surface area contributed by atoms with Crippen LogP contribution in [0.4, 0.5) is 0 Å². The fourth-order valence-electron chi connectivity index (χ4n) is 2.61. The summed E-state index contributed by atoms with van der Waals surface area (Å²) in [6.45, 7) is 6.98. The van der Waals surface area contributed by atoms with Crippen molar-refractivity contribution < 1.29 is 0 Å². The van der Waals surface area contributed by atoms with Gasteiger partial charge in [-0.3, -0.25) is 0 Å². The lowest BCUT2D eigenvalue weighted by Crippen LogP contribution is -2.27. The molecule has 0 bridgehead atoms. The van der Waals surface area contributed by atoms with Crippen molar-refractivity contribution in [3.63, 3.8) is 0 Å². The second-order valence-electron chi connectivity index (χ2n) is 6.34. The molecule has 0 N–H and O–H groups in total. The quantitative estimate of drug-likeness (QED) is 0.211. The zero-order valence-corrected chi connectivity index (χ0v) is 18.1. The van der Waals surface area contributed by atoms with Crippen molar-refractivity contribution in [2.45, 2.75) is 116 Å². The fourth-order valence-corrected chi connectivity index (χ4v) is 14.4. The average molecular weight is 340 g/mol. The van der Waals surface area contributed by atoms with Crippen molar-refractivity contribution in [2.24, 2.45) is 0 Å². The molecule has 0 rings (SSSR count). The van der Waals surface area contributed by atoms with Gasteiger partial charge in [-0.05, 0) is 0 Å². The molecule has 0 aliphatic carbocycles. The third-order valence-electron chi connectivity index (χ3n) is 4.08. The summed E-state index contributed by atoms with van der Waals surface area (Å²) in [5, 5.41) is 0. The van der Waals surface area contributed by atoms with E-state index in [1.807, 2.05) is 0 Å². The summed E-state index contributed by atoms with van der Waals surface area (Å²) in [6, 6.07) is 4.82. The van der Waals surface area contributed by atoms with Crippen LogP contribution in [0, 0.1) is 0 Å². The molecule has 0 aromatic heterocycles. The smallest absolute Gasteiger partial charge is 0.0306 e. The van der Waals surface area contributed by atoms with Crippen molar-refractivity contribution >= 4 is 25.9 Å². The van der Waals surface area contributed by atoms with Crippen molar-refractivity contribution in [1.82, 2.24) is 0 Å². The van der Waals surface area contributed by atoms with Crippen LogP contribution in [-0.4, -0.2) is 25.9 Å². The summed E-state index contributed by atoms with van der Waals surface area (Å²) >= 11 is 0. The van der Waals surface area contributed by atoms with Gasteiger partial charge in [0.1, 0.15) is 0 Å². The summed E-state index contributed by atoms with van der Waals surface area (Å²) in [5.74, 6) is 0. The fraction of sp³-hybridized carbons (Fsp3) is 1.00. The molecule has 0 aliphatic heterocycles. The maximum absolute atomic E-state index is 2.33. The Morgan fingerprint density at radius 2 is 1.05 bits per heavy atom. The minimum atomic E-state index is 0.0420. The lowest BCUT2D eigenvalue weighted by molar-refractivity contribution is 0.688. The minimum Gasteiger partial charge on any atom is -0.0654 e. The Morgan fingerprint density at radius 1 is 0.571 bits per heavy atom. The highest BCUT2D eigenvalue weighted by molar-refractivity contribution is 7.35. The van der Waals surface area contributed by atoms with Crippen LogP contribution in [0.15, 0.2) is 0 Å². The molecule has 0 unspecified atom stereocenters. The highest BCUT2D eigenvalue weighted by atomic mass is 29.5. The van der Waals surface area contributed by atoms with Crippen molar-refractivity contribution in [1.29, 1.82) is 0 Å². The topological polar surface area (TPSA) is 0 Å². The first-order chi connectivity index (χ1) is 10.3. The molecule has 0 amide bonds. The van der Waals surface area contributed by atoms with Crippen LogP contribution in [0.2, 0.25) is 18.1 Å². The summed E-state index contributed by atoms with van der Waals surface area (Å²) < 4.78 is 0. The van der Waals surface area contributed by atoms with Gasteiger partial charge in [-0.1, -0.05) is 116 Å². The maximum atomic E-state index is 2.33. The van der Waals surface area contributed by atoms with E-state index in [0.29, 0.717) is 0 Å². The molecule has 0 aromatic carbocycles. The van der Waals surface area contributed by atoms with Gasteiger partial charge >= 0.3 is 0 Å². The summed E-state index contributed by atoms with van der Waals surface area (Å²) in [6.07, 6.45) is 17.7. The Balaban J connectivity index is 3.67. The van der Waals surface area contributed by atoms with Crippen LogP contribution in [0.25, 0.3) is 0 Å². The van der Waals surface area contributed by atoms with E-state index in [9.17, 15) is 0 Å².